The third-order valence-corrected chi connectivity index (χ3v) is 4.21. The molecule has 1 aromatic carbocycles. The molecule has 0 bridgehead atoms. The number of amides is 1. The van der Waals surface area contributed by atoms with E-state index in [2.05, 4.69) is 21.2 Å². The molecule has 1 N–H and O–H groups in total. The summed E-state index contributed by atoms with van der Waals surface area (Å²) in [6.07, 6.45) is 4.80. The highest BCUT2D eigenvalue weighted by molar-refractivity contribution is 9.10. The number of rotatable bonds is 5. The Bertz CT molecular complexity index is 578. The Labute approximate surface area is 133 Å². The van der Waals surface area contributed by atoms with E-state index in [1.54, 1.807) is 6.92 Å². The Balaban J connectivity index is 1.93. The summed E-state index contributed by atoms with van der Waals surface area (Å²) in [5.74, 6) is 0.0719. The molecule has 0 radical (unpaired) electrons. The van der Waals surface area contributed by atoms with Crippen molar-refractivity contribution >= 4 is 27.6 Å². The highest BCUT2D eigenvalue weighted by Gasteiger charge is 2.17. The van der Waals surface area contributed by atoms with Crippen molar-refractivity contribution in [1.29, 1.82) is 0 Å². The van der Waals surface area contributed by atoms with Gasteiger partial charge in [-0.25, -0.2) is 0 Å². The van der Waals surface area contributed by atoms with Gasteiger partial charge in [0.05, 0.1) is 0 Å². The van der Waals surface area contributed by atoms with E-state index < -0.39 is 0 Å². The number of Topliss-reactive ketones (excluding diaryl/α,β-unsaturated/α-hetero) is 1. The first-order chi connectivity index (χ1) is 10.1. The standard InChI is InChI=1S/C17H20BrNO2/c1-12(20)15-7-2-3-8-16(15)19-17(21)10-9-13-5-4-6-14(18)11-13/h4-6,11H,2-3,7-10H2,1H3,(H,19,21). The Morgan fingerprint density at radius 2 is 2.00 bits per heavy atom. The van der Waals surface area contributed by atoms with Gasteiger partial charge >= 0.3 is 0 Å². The van der Waals surface area contributed by atoms with Crippen LogP contribution in [0.1, 0.15) is 44.6 Å². The van der Waals surface area contributed by atoms with Crippen molar-refractivity contribution in [2.45, 2.75) is 45.4 Å². The van der Waals surface area contributed by atoms with E-state index >= 15 is 0 Å². The fourth-order valence-electron chi connectivity index (χ4n) is 2.61. The first-order valence-electron chi connectivity index (χ1n) is 7.33. The minimum absolute atomic E-state index is 0.00868. The van der Waals surface area contributed by atoms with Crippen LogP contribution in [-0.4, -0.2) is 11.7 Å². The molecule has 1 aliphatic rings. The second kappa shape index (κ2) is 7.55. The van der Waals surface area contributed by atoms with E-state index in [-0.39, 0.29) is 11.7 Å². The molecule has 0 saturated heterocycles. The second-order valence-electron chi connectivity index (χ2n) is 5.40. The number of allylic oxidation sites excluding steroid dienone is 2. The van der Waals surface area contributed by atoms with Gasteiger partial charge in [-0.2, -0.15) is 0 Å². The summed E-state index contributed by atoms with van der Waals surface area (Å²) in [6.45, 7) is 1.58. The van der Waals surface area contributed by atoms with Gasteiger partial charge in [-0.1, -0.05) is 28.1 Å². The van der Waals surface area contributed by atoms with Gasteiger partial charge in [-0.05, 0) is 56.7 Å². The normalized spacial score (nSPS) is 15.0. The molecule has 0 aromatic heterocycles. The molecule has 3 nitrogen and oxygen atoms in total. The highest BCUT2D eigenvalue weighted by atomic mass is 79.9. The molecule has 0 atom stereocenters. The van der Waals surface area contributed by atoms with Crippen LogP contribution in [0.5, 0.6) is 0 Å². The number of benzene rings is 1. The minimum Gasteiger partial charge on any atom is -0.329 e. The van der Waals surface area contributed by atoms with Gasteiger partial charge in [0.1, 0.15) is 0 Å². The summed E-state index contributed by atoms with van der Waals surface area (Å²) in [7, 11) is 0. The topological polar surface area (TPSA) is 46.2 Å². The molecule has 0 saturated carbocycles. The molecule has 0 spiro atoms. The van der Waals surface area contributed by atoms with Gasteiger partial charge in [-0.15, -0.1) is 0 Å². The molecular formula is C17H20BrNO2. The smallest absolute Gasteiger partial charge is 0.224 e. The highest BCUT2D eigenvalue weighted by Crippen LogP contribution is 2.23. The molecule has 0 aliphatic heterocycles. The lowest BCUT2D eigenvalue weighted by atomic mass is 9.93. The zero-order valence-electron chi connectivity index (χ0n) is 12.2. The molecule has 21 heavy (non-hydrogen) atoms. The van der Waals surface area contributed by atoms with Crippen LogP contribution in [0.4, 0.5) is 0 Å². The third-order valence-electron chi connectivity index (χ3n) is 3.71. The van der Waals surface area contributed by atoms with E-state index in [1.807, 2.05) is 24.3 Å². The Morgan fingerprint density at radius 1 is 1.24 bits per heavy atom. The van der Waals surface area contributed by atoms with Gasteiger partial charge < -0.3 is 5.32 Å². The number of halogens is 1. The lowest BCUT2D eigenvalue weighted by molar-refractivity contribution is -0.120. The van der Waals surface area contributed by atoms with Gasteiger partial charge in [0.2, 0.25) is 5.91 Å². The summed E-state index contributed by atoms with van der Waals surface area (Å²) in [4.78, 5) is 23.7. The van der Waals surface area contributed by atoms with Crippen molar-refractivity contribution in [3.63, 3.8) is 0 Å². The Hall–Kier alpha value is -1.42. The summed E-state index contributed by atoms with van der Waals surface area (Å²) < 4.78 is 1.02. The fraction of sp³-hybridized carbons (Fsp3) is 0.412. The zero-order chi connectivity index (χ0) is 15.2. The second-order valence-corrected chi connectivity index (χ2v) is 6.31. The molecule has 0 heterocycles. The molecule has 1 aromatic rings. The quantitative estimate of drug-likeness (QED) is 0.875. The van der Waals surface area contributed by atoms with Gasteiger partial charge in [0, 0.05) is 22.2 Å². The monoisotopic (exact) mass is 349 g/mol. The van der Waals surface area contributed by atoms with E-state index in [9.17, 15) is 9.59 Å². The van der Waals surface area contributed by atoms with Crippen molar-refractivity contribution in [3.8, 4) is 0 Å². The van der Waals surface area contributed by atoms with Gasteiger partial charge in [0.25, 0.3) is 0 Å². The van der Waals surface area contributed by atoms with Crippen molar-refractivity contribution in [1.82, 2.24) is 5.32 Å². The molecule has 2 rings (SSSR count). The van der Waals surface area contributed by atoms with Crippen LogP contribution in [-0.2, 0) is 16.0 Å². The minimum atomic E-state index is -0.00868. The number of nitrogens with one attached hydrogen (secondary N) is 1. The molecule has 0 unspecified atom stereocenters. The molecule has 0 fully saturated rings. The number of carbonyl (C=O) groups is 2. The molecule has 4 heteroatoms. The van der Waals surface area contributed by atoms with Crippen LogP contribution in [0.15, 0.2) is 40.0 Å². The Kier molecular flexibility index (Phi) is 5.74. The van der Waals surface area contributed by atoms with Crippen LogP contribution < -0.4 is 5.32 Å². The van der Waals surface area contributed by atoms with Crippen molar-refractivity contribution in [2.75, 3.05) is 0 Å². The zero-order valence-corrected chi connectivity index (χ0v) is 13.8. The van der Waals surface area contributed by atoms with E-state index in [1.165, 1.54) is 0 Å². The Morgan fingerprint density at radius 3 is 2.71 bits per heavy atom. The number of ketones is 1. The van der Waals surface area contributed by atoms with Crippen LogP contribution in [0.25, 0.3) is 0 Å². The van der Waals surface area contributed by atoms with E-state index in [4.69, 9.17) is 0 Å². The number of hydrogen-bond donors (Lipinski definition) is 1. The predicted molar refractivity (Wildman–Crippen MR) is 86.8 cm³/mol. The van der Waals surface area contributed by atoms with Crippen molar-refractivity contribution in [2.24, 2.45) is 0 Å². The number of carbonyl (C=O) groups excluding carboxylic acids is 2. The molecule has 1 aliphatic carbocycles. The fourth-order valence-corrected chi connectivity index (χ4v) is 3.06. The summed E-state index contributed by atoms with van der Waals surface area (Å²) in [5.41, 5.74) is 2.77. The first-order valence-corrected chi connectivity index (χ1v) is 8.13. The largest absolute Gasteiger partial charge is 0.329 e. The predicted octanol–water partition coefficient (Wildman–Crippen LogP) is 3.92. The van der Waals surface area contributed by atoms with Crippen LogP contribution in [0, 0.1) is 0 Å². The molecular weight excluding hydrogens is 330 g/mol. The summed E-state index contributed by atoms with van der Waals surface area (Å²) in [5, 5.41) is 2.94. The van der Waals surface area contributed by atoms with Crippen LogP contribution >= 0.6 is 15.9 Å². The van der Waals surface area contributed by atoms with E-state index in [0.717, 1.165) is 47.0 Å². The summed E-state index contributed by atoms with van der Waals surface area (Å²) in [6, 6.07) is 7.97. The number of aryl methyl sites for hydroxylation is 1. The lowest BCUT2D eigenvalue weighted by Crippen LogP contribution is -2.27. The average molecular weight is 350 g/mol. The number of hydrogen-bond acceptors (Lipinski definition) is 2. The molecule has 1 amide bonds. The van der Waals surface area contributed by atoms with Crippen molar-refractivity contribution in [3.05, 3.63) is 45.6 Å². The van der Waals surface area contributed by atoms with Gasteiger partial charge in [-0.3, -0.25) is 9.59 Å². The maximum Gasteiger partial charge on any atom is 0.224 e. The van der Waals surface area contributed by atoms with E-state index in [0.29, 0.717) is 12.8 Å². The SMILES string of the molecule is CC(=O)C1=C(NC(=O)CCc2cccc(Br)c2)CCCC1. The maximum absolute atomic E-state index is 12.1. The van der Waals surface area contributed by atoms with Crippen LogP contribution in [0.3, 0.4) is 0 Å². The van der Waals surface area contributed by atoms with Gasteiger partial charge in [0.15, 0.2) is 5.78 Å². The average Bonchev–Trinajstić information content (AvgIpc) is 2.45. The van der Waals surface area contributed by atoms with Crippen molar-refractivity contribution < 1.29 is 9.59 Å². The van der Waals surface area contributed by atoms with Crippen LogP contribution in [0.2, 0.25) is 0 Å². The lowest BCUT2D eigenvalue weighted by Gasteiger charge is -2.19. The summed E-state index contributed by atoms with van der Waals surface area (Å²) >= 11 is 3.43. The first kappa shape index (κ1) is 16.0. The third kappa shape index (κ3) is 4.81. The molecule has 112 valence electrons. The maximum atomic E-state index is 12.1.